The van der Waals surface area contributed by atoms with Crippen LogP contribution in [-0.4, -0.2) is 30.4 Å². The molecule has 130 valence electrons. The van der Waals surface area contributed by atoms with E-state index in [1.165, 1.54) is 6.07 Å². The predicted octanol–water partition coefficient (Wildman–Crippen LogP) is 2.12. The average Bonchev–Trinajstić information content (AvgIpc) is 2.92. The molecule has 0 bridgehead atoms. The number of amides is 2. The summed E-state index contributed by atoms with van der Waals surface area (Å²) in [5.74, 6) is -1.88. The fourth-order valence-electron chi connectivity index (χ4n) is 2.05. The highest BCUT2D eigenvalue weighted by molar-refractivity contribution is 6.31. The maximum Gasteiger partial charge on any atom is 0.417 e. The molecule has 6 nitrogen and oxygen atoms in total. The van der Waals surface area contributed by atoms with Crippen LogP contribution in [-0.2, 0) is 25.3 Å². The Labute approximate surface area is 139 Å². The van der Waals surface area contributed by atoms with Crippen LogP contribution < -0.4 is 10.6 Å². The molecule has 0 unspecified atom stereocenters. The van der Waals surface area contributed by atoms with Crippen molar-refractivity contribution in [3.63, 3.8) is 0 Å². The van der Waals surface area contributed by atoms with Crippen molar-refractivity contribution in [1.82, 2.24) is 5.32 Å². The Morgan fingerprint density at radius 3 is 2.67 bits per heavy atom. The molecule has 1 aliphatic rings. The monoisotopic (exact) mass is 364 g/mol. The summed E-state index contributed by atoms with van der Waals surface area (Å²) in [6.07, 6.45) is -4.20. The Bertz CT molecular complexity index is 678. The SMILES string of the molecule is O=C(COC(=O)[C@@H]1CCC(=O)N1)Nc1ccc(Cl)c(C(F)(F)F)c1. The van der Waals surface area contributed by atoms with Crippen LogP contribution >= 0.6 is 11.6 Å². The number of carbonyl (C=O) groups is 3. The van der Waals surface area contributed by atoms with Gasteiger partial charge in [0.2, 0.25) is 5.91 Å². The van der Waals surface area contributed by atoms with E-state index in [2.05, 4.69) is 10.6 Å². The Kier molecular flexibility index (Phi) is 5.33. The number of hydrogen-bond donors (Lipinski definition) is 2. The summed E-state index contributed by atoms with van der Waals surface area (Å²) in [5, 5.41) is 4.05. The molecule has 1 aromatic rings. The quantitative estimate of drug-likeness (QED) is 0.801. The number of esters is 1. The molecule has 0 radical (unpaired) electrons. The number of anilines is 1. The minimum atomic E-state index is -4.66. The van der Waals surface area contributed by atoms with Crippen LogP contribution in [0.1, 0.15) is 18.4 Å². The number of benzene rings is 1. The molecule has 1 saturated heterocycles. The van der Waals surface area contributed by atoms with Crippen LogP contribution in [0.2, 0.25) is 5.02 Å². The Morgan fingerprint density at radius 1 is 1.38 bits per heavy atom. The number of alkyl halides is 3. The van der Waals surface area contributed by atoms with Crippen molar-refractivity contribution in [1.29, 1.82) is 0 Å². The zero-order valence-corrected chi connectivity index (χ0v) is 12.8. The van der Waals surface area contributed by atoms with Gasteiger partial charge in [-0.25, -0.2) is 4.79 Å². The molecule has 0 aromatic heterocycles. The van der Waals surface area contributed by atoms with Gasteiger partial charge in [0.25, 0.3) is 5.91 Å². The normalized spacial score (nSPS) is 17.3. The van der Waals surface area contributed by atoms with Gasteiger partial charge in [-0.3, -0.25) is 9.59 Å². The van der Waals surface area contributed by atoms with E-state index >= 15 is 0 Å². The second-order valence-corrected chi connectivity index (χ2v) is 5.41. The third-order valence-electron chi connectivity index (χ3n) is 3.18. The van der Waals surface area contributed by atoms with E-state index in [1.807, 2.05) is 0 Å². The largest absolute Gasteiger partial charge is 0.454 e. The van der Waals surface area contributed by atoms with Crippen LogP contribution in [0.15, 0.2) is 18.2 Å². The first-order valence-corrected chi connectivity index (χ1v) is 7.17. The first kappa shape index (κ1) is 18.1. The van der Waals surface area contributed by atoms with Gasteiger partial charge in [-0.2, -0.15) is 13.2 Å². The van der Waals surface area contributed by atoms with Crippen molar-refractivity contribution >= 4 is 35.1 Å². The van der Waals surface area contributed by atoms with E-state index in [9.17, 15) is 27.6 Å². The van der Waals surface area contributed by atoms with E-state index in [0.717, 1.165) is 6.07 Å². The molecule has 1 fully saturated rings. The van der Waals surface area contributed by atoms with E-state index in [-0.39, 0.29) is 24.4 Å². The molecule has 0 saturated carbocycles. The smallest absolute Gasteiger partial charge is 0.417 e. The topological polar surface area (TPSA) is 84.5 Å². The summed E-state index contributed by atoms with van der Waals surface area (Å²) >= 11 is 5.47. The third kappa shape index (κ3) is 4.60. The molecule has 2 rings (SSSR count). The second-order valence-electron chi connectivity index (χ2n) is 5.01. The van der Waals surface area contributed by atoms with Crippen molar-refractivity contribution in [2.75, 3.05) is 11.9 Å². The maximum absolute atomic E-state index is 12.7. The van der Waals surface area contributed by atoms with Crippen LogP contribution in [0.4, 0.5) is 18.9 Å². The molecular weight excluding hydrogens is 353 g/mol. The van der Waals surface area contributed by atoms with E-state index < -0.39 is 41.3 Å². The molecule has 1 heterocycles. The molecule has 24 heavy (non-hydrogen) atoms. The fourth-order valence-corrected chi connectivity index (χ4v) is 2.27. The second kappa shape index (κ2) is 7.08. The maximum atomic E-state index is 12.7. The predicted molar refractivity (Wildman–Crippen MR) is 77.2 cm³/mol. The van der Waals surface area contributed by atoms with Gasteiger partial charge in [0, 0.05) is 12.1 Å². The number of rotatable bonds is 4. The number of nitrogens with one attached hydrogen (secondary N) is 2. The van der Waals surface area contributed by atoms with E-state index in [0.29, 0.717) is 6.07 Å². The van der Waals surface area contributed by atoms with Gasteiger partial charge in [0.05, 0.1) is 10.6 Å². The lowest BCUT2D eigenvalue weighted by molar-refractivity contribution is -0.149. The summed E-state index contributed by atoms with van der Waals surface area (Å²) in [6.45, 7) is -0.685. The van der Waals surface area contributed by atoms with Crippen molar-refractivity contribution < 1.29 is 32.3 Å². The zero-order chi connectivity index (χ0) is 17.9. The molecule has 1 aromatic carbocycles. The minimum Gasteiger partial charge on any atom is -0.454 e. The molecule has 2 amide bonds. The van der Waals surface area contributed by atoms with Gasteiger partial charge < -0.3 is 15.4 Å². The van der Waals surface area contributed by atoms with Gasteiger partial charge in [-0.1, -0.05) is 11.6 Å². The molecule has 0 spiro atoms. The van der Waals surface area contributed by atoms with Gasteiger partial charge in [-0.05, 0) is 24.6 Å². The first-order valence-electron chi connectivity index (χ1n) is 6.79. The highest BCUT2D eigenvalue weighted by atomic mass is 35.5. The Balaban J connectivity index is 1.91. The van der Waals surface area contributed by atoms with Gasteiger partial charge in [-0.15, -0.1) is 0 Å². The highest BCUT2D eigenvalue weighted by Crippen LogP contribution is 2.36. The lowest BCUT2D eigenvalue weighted by Gasteiger charge is -2.12. The summed E-state index contributed by atoms with van der Waals surface area (Å²) in [7, 11) is 0. The fraction of sp³-hybridized carbons (Fsp3) is 0.357. The van der Waals surface area contributed by atoms with Gasteiger partial charge in [0.15, 0.2) is 6.61 Å². The van der Waals surface area contributed by atoms with Gasteiger partial charge in [0.1, 0.15) is 6.04 Å². The minimum absolute atomic E-state index is 0.137. The van der Waals surface area contributed by atoms with E-state index in [4.69, 9.17) is 16.3 Å². The standard InChI is InChI=1S/C14H12ClF3N2O4/c15-9-2-1-7(5-8(9)14(16,17)18)19-12(22)6-24-13(23)10-3-4-11(21)20-10/h1-2,5,10H,3-4,6H2,(H,19,22)(H,20,21)/t10-/m0/s1. The first-order chi connectivity index (χ1) is 11.2. The molecule has 2 N–H and O–H groups in total. The van der Waals surface area contributed by atoms with Crippen molar-refractivity contribution in [2.24, 2.45) is 0 Å². The summed E-state index contributed by atoms with van der Waals surface area (Å²) in [4.78, 5) is 34.2. The Hall–Kier alpha value is -2.29. The van der Waals surface area contributed by atoms with Crippen LogP contribution in [0.25, 0.3) is 0 Å². The summed E-state index contributed by atoms with van der Waals surface area (Å²) < 4.78 is 42.9. The van der Waals surface area contributed by atoms with Crippen LogP contribution in [0.5, 0.6) is 0 Å². The van der Waals surface area contributed by atoms with Crippen LogP contribution in [0.3, 0.4) is 0 Å². The molecule has 10 heteroatoms. The third-order valence-corrected chi connectivity index (χ3v) is 3.51. The summed E-state index contributed by atoms with van der Waals surface area (Å²) in [6, 6.07) is 2.06. The van der Waals surface area contributed by atoms with Gasteiger partial charge >= 0.3 is 12.1 Å². The highest BCUT2D eigenvalue weighted by Gasteiger charge is 2.33. The number of halogens is 4. The Morgan fingerprint density at radius 2 is 2.08 bits per heavy atom. The average molecular weight is 365 g/mol. The molecular formula is C14H12ClF3N2O4. The zero-order valence-electron chi connectivity index (χ0n) is 12.1. The van der Waals surface area contributed by atoms with Crippen molar-refractivity contribution in [3.05, 3.63) is 28.8 Å². The van der Waals surface area contributed by atoms with E-state index in [1.54, 1.807) is 0 Å². The molecule has 0 aliphatic carbocycles. The number of ether oxygens (including phenoxy) is 1. The molecule has 1 aliphatic heterocycles. The van der Waals surface area contributed by atoms with Crippen molar-refractivity contribution in [2.45, 2.75) is 25.1 Å². The lowest BCUT2D eigenvalue weighted by Crippen LogP contribution is -2.36. The molecule has 1 atom stereocenters. The summed E-state index contributed by atoms with van der Waals surface area (Å²) in [5.41, 5.74) is -1.23. The van der Waals surface area contributed by atoms with Crippen molar-refractivity contribution in [3.8, 4) is 0 Å². The lowest BCUT2D eigenvalue weighted by atomic mass is 10.2. The number of carbonyl (C=O) groups excluding carboxylic acids is 3. The van der Waals surface area contributed by atoms with Crippen LogP contribution in [0, 0.1) is 0 Å². The number of hydrogen-bond acceptors (Lipinski definition) is 4.